The van der Waals surface area contributed by atoms with Gasteiger partial charge >= 0.3 is 0 Å². The van der Waals surface area contributed by atoms with Crippen LogP contribution in [0, 0.1) is 0 Å². The molecule has 2 unspecified atom stereocenters. The van der Waals surface area contributed by atoms with E-state index in [4.69, 9.17) is 11.5 Å². The molecule has 1 fully saturated rings. The summed E-state index contributed by atoms with van der Waals surface area (Å²) in [5.74, 6) is -0.271. The van der Waals surface area contributed by atoms with Crippen molar-refractivity contribution in [2.45, 2.75) is 50.7 Å². The average Bonchev–Trinajstić information content (AvgIpc) is 3.00. The number of hydrogen-bond donors (Lipinski definition) is 2. The van der Waals surface area contributed by atoms with Crippen molar-refractivity contribution in [2.75, 3.05) is 6.54 Å². The van der Waals surface area contributed by atoms with Crippen LogP contribution in [0.5, 0.6) is 0 Å². The lowest BCUT2D eigenvalue weighted by atomic mass is 9.99. The van der Waals surface area contributed by atoms with Crippen LogP contribution in [0.2, 0.25) is 0 Å². The highest BCUT2D eigenvalue weighted by Crippen LogP contribution is 2.33. The summed E-state index contributed by atoms with van der Waals surface area (Å²) in [6.07, 6.45) is 4.74. The molecule has 0 bridgehead atoms. The van der Waals surface area contributed by atoms with Gasteiger partial charge in [-0.25, -0.2) is 0 Å². The third-order valence-corrected chi connectivity index (χ3v) is 4.57. The Morgan fingerprint density at radius 1 is 1.53 bits per heavy atom. The van der Waals surface area contributed by atoms with Crippen molar-refractivity contribution < 1.29 is 4.79 Å². The van der Waals surface area contributed by atoms with Crippen LogP contribution in [0.3, 0.4) is 0 Å². The van der Waals surface area contributed by atoms with Gasteiger partial charge < -0.3 is 11.5 Å². The number of nitrogens with two attached hydrogens (primary N) is 2. The van der Waals surface area contributed by atoms with Gasteiger partial charge in [0.05, 0.1) is 12.6 Å². The molecule has 4 nitrogen and oxygen atoms in total. The molecule has 0 aliphatic heterocycles. The molecule has 2 atom stereocenters. The summed E-state index contributed by atoms with van der Waals surface area (Å²) >= 11 is 1.67. The van der Waals surface area contributed by atoms with Crippen LogP contribution in [-0.4, -0.2) is 29.4 Å². The second-order valence-electron chi connectivity index (χ2n) is 5.44. The van der Waals surface area contributed by atoms with Crippen LogP contribution >= 0.6 is 11.3 Å². The lowest BCUT2D eigenvalue weighted by Gasteiger charge is -2.37. The average molecular weight is 281 g/mol. The molecule has 0 saturated heterocycles. The predicted octanol–water partition coefficient (Wildman–Crippen LogP) is 1.87. The van der Waals surface area contributed by atoms with E-state index in [0.29, 0.717) is 12.6 Å². The standard InChI is InChI=1S/C14H23N3OS/c1-10(15)14(11-6-7-19-9-11)17(8-13(16)18)12-4-2-3-5-12/h6-7,9-10,12,14H,2-5,8,15H2,1H3,(H2,16,18). The lowest BCUT2D eigenvalue weighted by Crippen LogP contribution is -2.47. The van der Waals surface area contributed by atoms with Crippen LogP contribution in [-0.2, 0) is 4.79 Å². The molecule has 4 N–H and O–H groups in total. The first-order valence-corrected chi connectivity index (χ1v) is 7.85. The number of rotatable bonds is 6. The van der Waals surface area contributed by atoms with Crippen molar-refractivity contribution in [3.05, 3.63) is 22.4 Å². The fourth-order valence-corrected chi connectivity index (χ4v) is 3.80. The molecule has 0 aromatic carbocycles. The van der Waals surface area contributed by atoms with Crippen LogP contribution in [0.25, 0.3) is 0 Å². The van der Waals surface area contributed by atoms with E-state index < -0.39 is 0 Å². The van der Waals surface area contributed by atoms with Crippen molar-refractivity contribution in [3.8, 4) is 0 Å². The molecule has 1 amide bonds. The van der Waals surface area contributed by atoms with E-state index >= 15 is 0 Å². The first kappa shape index (κ1) is 14.5. The maximum absolute atomic E-state index is 11.4. The van der Waals surface area contributed by atoms with Gasteiger partial charge in [-0.2, -0.15) is 11.3 Å². The number of primary amides is 1. The Morgan fingerprint density at radius 2 is 2.21 bits per heavy atom. The Labute approximate surface area is 118 Å². The zero-order valence-corrected chi connectivity index (χ0v) is 12.2. The Hall–Kier alpha value is -0.910. The Balaban J connectivity index is 2.24. The van der Waals surface area contributed by atoms with Gasteiger partial charge in [0, 0.05) is 12.1 Å². The Kier molecular flexibility index (Phi) is 4.96. The number of hydrogen-bond acceptors (Lipinski definition) is 4. The summed E-state index contributed by atoms with van der Waals surface area (Å²) in [6.45, 7) is 2.30. The molecule has 1 saturated carbocycles. The van der Waals surface area contributed by atoms with Crippen LogP contribution in [0.4, 0.5) is 0 Å². The molecule has 106 valence electrons. The highest BCUT2D eigenvalue weighted by molar-refractivity contribution is 7.07. The highest BCUT2D eigenvalue weighted by Gasteiger charge is 2.32. The fourth-order valence-electron chi connectivity index (χ4n) is 3.11. The number of carbonyl (C=O) groups is 1. The predicted molar refractivity (Wildman–Crippen MR) is 78.9 cm³/mol. The topological polar surface area (TPSA) is 72.3 Å². The van der Waals surface area contributed by atoms with E-state index in [1.165, 1.54) is 18.4 Å². The zero-order chi connectivity index (χ0) is 13.8. The minimum Gasteiger partial charge on any atom is -0.369 e. The highest BCUT2D eigenvalue weighted by atomic mass is 32.1. The summed E-state index contributed by atoms with van der Waals surface area (Å²) in [6, 6.07) is 2.60. The number of nitrogens with zero attached hydrogens (tertiary/aromatic N) is 1. The lowest BCUT2D eigenvalue weighted by molar-refractivity contribution is -0.120. The quantitative estimate of drug-likeness (QED) is 0.836. The molecule has 1 aromatic rings. The summed E-state index contributed by atoms with van der Waals surface area (Å²) in [4.78, 5) is 13.6. The summed E-state index contributed by atoms with van der Waals surface area (Å²) in [5, 5.41) is 4.18. The maximum atomic E-state index is 11.4. The summed E-state index contributed by atoms with van der Waals surface area (Å²) in [5.41, 5.74) is 12.8. The monoisotopic (exact) mass is 281 g/mol. The number of carbonyl (C=O) groups excluding carboxylic acids is 1. The minimum atomic E-state index is -0.271. The van der Waals surface area contributed by atoms with Gasteiger partial charge in [-0.15, -0.1) is 0 Å². The SMILES string of the molecule is CC(N)C(c1ccsc1)N(CC(N)=O)C1CCCC1. The third kappa shape index (κ3) is 3.55. The van der Waals surface area contributed by atoms with Crippen molar-refractivity contribution in [3.63, 3.8) is 0 Å². The van der Waals surface area contributed by atoms with Crippen molar-refractivity contribution in [2.24, 2.45) is 11.5 Å². The second-order valence-corrected chi connectivity index (χ2v) is 6.22. The van der Waals surface area contributed by atoms with Gasteiger partial charge in [0.15, 0.2) is 0 Å². The second kappa shape index (κ2) is 6.50. The Morgan fingerprint density at radius 3 is 2.68 bits per heavy atom. The molecule has 5 heteroatoms. The van der Waals surface area contributed by atoms with Gasteiger partial charge in [-0.05, 0) is 42.2 Å². The maximum Gasteiger partial charge on any atom is 0.231 e. The van der Waals surface area contributed by atoms with E-state index in [1.54, 1.807) is 11.3 Å². The molecule has 1 aromatic heterocycles. The smallest absolute Gasteiger partial charge is 0.231 e. The molecular weight excluding hydrogens is 258 g/mol. The van der Waals surface area contributed by atoms with E-state index in [1.807, 2.05) is 6.92 Å². The van der Waals surface area contributed by atoms with Crippen molar-refractivity contribution in [1.29, 1.82) is 0 Å². The molecule has 1 heterocycles. The molecule has 19 heavy (non-hydrogen) atoms. The first-order chi connectivity index (χ1) is 9.09. The largest absolute Gasteiger partial charge is 0.369 e. The van der Waals surface area contributed by atoms with Gasteiger partial charge in [0.25, 0.3) is 0 Å². The van der Waals surface area contributed by atoms with Gasteiger partial charge in [-0.1, -0.05) is 12.8 Å². The summed E-state index contributed by atoms with van der Waals surface area (Å²) in [7, 11) is 0. The molecule has 0 radical (unpaired) electrons. The minimum absolute atomic E-state index is 0.0189. The van der Waals surface area contributed by atoms with Gasteiger partial charge in [0.1, 0.15) is 0 Å². The molecule has 1 aliphatic rings. The van der Waals surface area contributed by atoms with E-state index in [9.17, 15) is 4.79 Å². The Bertz CT molecular complexity index is 399. The molecule has 1 aliphatic carbocycles. The fraction of sp³-hybridized carbons (Fsp3) is 0.643. The third-order valence-electron chi connectivity index (χ3n) is 3.87. The van der Waals surface area contributed by atoms with E-state index in [2.05, 4.69) is 21.7 Å². The van der Waals surface area contributed by atoms with Crippen LogP contribution < -0.4 is 11.5 Å². The molecular formula is C14H23N3OS. The van der Waals surface area contributed by atoms with Gasteiger partial charge in [-0.3, -0.25) is 9.69 Å². The molecule has 2 rings (SSSR count). The van der Waals surface area contributed by atoms with E-state index in [-0.39, 0.29) is 18.0 Å². The van der Waals surface area contributed by atoms with Gasteiger partial charge in [0.2, 0.25) is 5.91 Å². The van der Waals surface area contributed by atoms with Crippen molar-refractivity contribution >= 4 is 17.2 Å². The number of amides is 1. The van der Waals surface area contributed by atoms with Crippen LogP contribution in [0.15, 0.2) is 16.8 Å². The first-order valence-electron chi connectivity index (χ1n) is 6.91. The summed E-state index contributed by atoms with van der Waals surface area (Å²) < 4.78 is 0. The van der Waals surface area contributed by atoms with Crippen molar-refractivity contribution in [1.82, 2.24) is 4.90 Å². The molecule has 0 spiro atoms. The van der Waals surface area contributed by atoms with E-state index in [0.717, 1.165) is 12.8 Å². The normalized spacial score (nSPS) is 19.7. The van der Waals surface area contributed by atoms with Crippen LogP contribution in [0.1, 0.15) is 44.2 Å². The number of thiophene rings is 1. The zero-order valence-electron chi connectivity index (χ0n) is 11.4.